The average Bonchev–Trinajstić information content (AvgIpc) is 2.62. The van der Waals surface area contributed by atoms with Gasteiger partial charge in [-0.3, -0.25) is 0 Å². The first-order valence-corrected chi connectivity index (χ1v) is 10.0. The molecule has 134 valence electrons. The number of hydrogen-bond donors (Lipinski definition) is 2. The first kappa shape index (κ1) is 19.4. The van der Waals surface area contributed by atoms with E-state index >= 15 is 0 Å². The molecular formula is C18H23N3O2S2. The summed E-state index contributed by atoms with van der Waals surface area (Å²) in [5.74, 6) is 0. The standard InChI is InChI=1S/C18H23N3O2S2/c1-3-21(4-2)25(22,23)17-12-8-11-16(13-17)20-18(24)19-14-15-9-6-5-7-10-15/h5-13H,3-4,14H2,1-2H3,(H2,19,20,24). The molecule has 7 heteroatoms. The topological polar surface area (TPSA) is 61.4 Å². The van der Waals surface area contributed by atoms with Gasteiger partial charge in [-0.1, -0.05) is 50.2 Å². The van der Waals surface area contributed by atoms with E-state index in [4.69, 9.17) is 12.2 Å². The third-order valence-corrected chi connectivity index (χ3v) is 6.02. The number of anilines is 1. The molecule has 0 fully saturated rings. The van der Waals surface area contributed by atoms with E-state index in [1.807, 2.05) is 44.2 Å². The summed E-state index contributed by atoms with van der Waals surface area (Å²) in [6, 6.07) is 16.6. The molecule has 0 unspecified atom stereocenters. The summed E-state index contributed by atoms with van der Waals surface area (Å²) in [5, 5.41) is 6.59. The van der Waals surface area contributed by atoms with Crippen LogP contribution in [0, 0.1) is 0 Å². The Balaban J connectivity index is 2.05. The minimum atomic E-state index is -3.49. The Hall–Kier alpha value is -1.96. The molecule has 0 atom stereocenters. The van der Waals surface area contributed by atoms with Crippen LogP contribution in [0.5, 0.6) is 0 Å². The minimum absolute atomic E-state index is 0.257. The molecule has 0 bridgehead atoms. The van der Waals surface area contributed by atoms with Crippen LogP contribution in [0.25, 0.3) is 0 Å². The van der Waals surface area contributed by atoms with Crippen LogP contribution in [0.2, 0.25) is 0 Å². The van der Waals surface area contributed by atoms with E-state index in [9.17, 15) is 8.42 Å². The van der Waals surface area contributed by atoms with Gasteiger partial charge in [0, 0.05) is 25.3 Å². The first-order chi connectivity index (χ1) is 12.0. The van der Waals surface area contributed by atoms with Crippen LogP contribution < -0.4 is 10.6 Å². The van der Waals surface area contributed by atoms with E-state index in [0.717, 1.165) is 5.56 Å². The second kappa shape index (κ2) is 8.94. The van der Waals surface area contributed by atoms with Crippen molar-refractivity contribution in [3.63, 3.8) is 0 Å². The molecule has 2 aromatic rings. The highest BCUT2D eigenvalue weighted by molar-refractivity contribution is 7.89. The zero-order valence-corrected chi connectivity index (χ0v) is 16.0. The highest BCUT2D eigenvalue weighted by atomic mass is 32.2. The Morgan fingerprint density at radius 1 is 1.04 bits per heavy atom. The van der Waals surface area contributed by atoms with Gasteiger partial charge in [-0.05, 0) is 36.0 Å². The molecule has 25 heavy (non-hydrogen) atoms. The quantitative estimate of drug-likeness (QED) is 0.726. The third kappa shape index (κ3) is 5.26. The van der Waals surface area contributed by atoms with Crippen LogP contribution in [0.3, 0.4) is 0 Å². The maximum Gasteiger partial charge on any atom is 0.243 e. The number of benzene rings is 2. The predicted octanol–water partition coefficient (Wildman–Crippen LogP) is 3.20. The van der Waals surface area contributed by atoms with Gasteiger partial charge in [0.25, 0.3) is 0 Å². The van der Waals surface area contributed by atoms with Crippen molar-refractivity contribution in [3.8, 4) is 0 Å². The number of nitrogens with one attached hydrogen (secondary N) is 2. The molecule has 0 aliphatic heterocycles. The number of rotatable bonds is 7. The van der Waals surface area contributed by atoms with Crippen LogP contribution in [-0.2, 0) is 16.6 Å². The van der Waals surface area contributed by atoms with Crippen LogP contribution in [0.4, 0.5) is 5.69 Å². The van der Waals surface area contributed by atoms with Crippen molar-refractivity contribution in [3.05, 3.63) is 60.2 Å². The molecule has 2 N–H and O–H groups in total. The Morgan fingerprint density at radius 3 is 2.36 bits per heavy atom. The molecule has 0 saturated carbocycles. The van der Waals surface area contributed by atoms with Crippen molar-refractivity contribution in [2.45, 2.75) is 25.3 Å². The Morgan fingerprint density at radius 2 is 1.72 bits per heavy atom. The summed E-state index contributed by atoms with van der Waals surface area (Å²) in [7, 11) is -3.49. The molecule has 0 spiro atoms. The summed E-state index contributed by atoms with van der Waals surface area (Å²) < 4.78 is 26.6. The molecule has 0 saturated heterocycles. The maximum atomic E-state index is 12.6. The fraction of sp³-hybridized carbons (Fsp3) is 0.278. The highest BCUT2D eigenvalue weighted by Crippen LogP contribution is 2.19. The van der Waals surface area contributed by atoms with E-state index < -0.39 is 10.0 Å². The lowest BCUT2D eigenvalue weighted by atomic mass is 10.2. The van der Waals surface area contributed by atoms with Gasteiger partial charge < -0.3 is 10.6 Å². The summed E-state index contributed by atoms with van der Waals surface area (Å²) in [4.78, 5) is 0.257. The van der Waals surface area contributed by atoms with Gasteiger partial charge in [0.1, 0.15) is 0 Å². The van der Waals surface area contributed by atoms with Crippen LogP contribution in [0.15, 0.2) is 59.5 Å². The largest absolute Gasteiger partial charge is 0.358 e. The second-order valence-corrected chi connectivity index (χ2v) is 7.76. The number of sulfonamides is 1. The SMILES string of the molecule is CCN(CC)S(=O)(=O)c1cccc(NC(=S)NCc2ccccc2)c1. The summed E-state index contributed by atoms with van der Waals surface area (Å²) >= 11 is 5.29. The molecule has 0 amide bonds. The van der Waals surface area contributed by atoms with Crippen molar-refractivity contribution in [2.75, 3.05) is 18.4 Å². The molecule has 5 nitrogen and oxygen atoms in total. The minimum Gasteiger partial charge on any atom is -0.358 e. The van der Waals surface area contributed by atoms with Crippen LogP contribution in [0.1, 0.15) is 19.4 Å². The Kier molecular flexibility index (Phi) is 6.92. The zero-order valence-electron chi connectivity index (χ0n) is 14.4. The van der Waals surface area contributed by atoms with Crippen molar-refractivity contribution < 1.29 is 8.42 Å². The molecule has 0 aliphatic rings. The normalized spacial score (nSPS) is 11.3. The smallest absolute Gasteiger partial charge is 0.243 e. The van der Waals surface area contributed by atoms with Gasteiger partial charge in [-0.2, -0.15) is 4.31 Å². The predicted molar refractivity (Wildman–Crippen MR) is 106 cm³/mol. The fourth-order valence-electron chi connectivity index (χ4n) is 2.40. The van der Waals surface area contributed by atoms with E-state index in [2.05, 4.69) is 10.6 Å². The van der Waals surface area contributed by atoms with E-state index in [1.54, 1.807) is 24.3 Å². The lowest BCUT2D eigenvalue weighted by molar-refractivity contribution is 0.445. The second-order valence-electron chi connectivity index (χ2n) is 5.41. The zero-order chi connectivity index (χ0) is 18.3. The van der Waals surface area contributed by atoms with Gasteiger partial charge in [-0.15, -0.1) is 0 Å². The molecule has 0 aliphatic carbocycles. The molecule has 0 radical (unpaired) electrons. The van der Waals surface area contributed by atoms with Gasteiger partial charge in [0.05, 0.1) is 4.90 Å². The molecule has 2 rings (SSSR count). The first-order valence-electron chi connectivity index (χ1n) is 8.16. The molecule has 2 aromatic carbocycles. The van der Waals surface area contributed by atoms with Crippen molar-refractivity contribution in [1.82, 2.24) is 9.62 Å². The third-order valence-electron chi connectivity index (χ3n) is 3.73. The monoisotopic (exact) mass is 377 g/mol. The van der Waals surface area contributed by atoms with Crippen LogP contribution >= 0.6 is 12.2 Å². The number of hydrogen-bond acceptors (Lipinski definition) is 3. The lowest BCUT2D eigenvalue weighted by Gasteiger charge is -2.19. The lowest BCUT2D eigenvalue weighted by Crippen LogP contribution is -2.31. The van der Waals surface area contributed by atoms with E-state index in [-0.39, 0.29) is 4.90 Å². The highest BCUT2D eigenvalue weighted by Gasteiger charge is 2.21. The Bertz CT molecular complexity index is 804. The maximum absolute atomic E-state index is 12.6. The van der Waals surface area contributed by atoms with Gasteiger partial charge in [0.2, 0.25) is 10.0 Å². The summed E-state index contributed by atoms with van der Waals surface area (Å²) in [5.41, 5.74) is 1.75. The van der Waals surface area contributed by atoms with Crippen molar-refractivity contribution >= 4 is 33.0 Å². The fourth-order valence-corrected chi connectivity index (χ4v) is 4.09. The van der Waals surface area contributed by atoms with Gasteiger partial charge >= 0.3 is 0 Å². The Labute approximate surface area is 155 Å². The summed E-state index contributed by atoms with van der Waals surface area (Å²) in [6.45, 7) is 5.13. The average molecular weight is 378 g/mol. The van der Waals surface area contributed by atoms with Crippen LogP contribution in [-0.4, -0.2) is 30.9 Å². The van der Waals surface area contributed by atoms with Gasteiger partial charge in [0.15, 0.2) is 5.11 Å². The van der Waals surface area contributed by atoms with E-state index in [1.165, 1.54) is 4.31 Å². The van der Waals surface area contributed by atoms with Crippen molar-refractivity contribution in [2.24, 2.45) is 0 Å². The van der Waals surface area contributed by atoms with E-state index in [0.29, 0.717) is 30.4 Å². The molecule has 0 heterocycles. The molecule has 0 aromatic heterocycles. The number of thiocarbonyl (C=S) groups is 1. The van der Waals surface area contributed by atoms with Gasteiger partial charge in [-0.25, -0.2) is 8.42 Å². The number of nitrogens with zero attached hydrogens (tertiary/aromatic N) is 1. The summed E-state index contributed by atoms with van der Waals surface area (Å²) in [6.07, 6.45) is 0. The molecular weight excluding hydrogens is 354 g/mol. The van der Waals surface area contributed by atoms with Crippen molar-refractivity contribution in [1.29, 1.82) is 0 Å².